The van der Waals surface area contributed by atoms with Gasteiger partial charge in [0.1, 0.15) is 0 Å². The second kappa shape index (κ2) is 5.36. The van der Waals surface area contributed by atoms with Crippen molar-refractivity contribution in [2.75, 3.05) is 18.0 Å². The molecular formula is C14H22N4O2. The molecule has 110 valence electrons. The monoisotopic (exact) mass is 278 g/mol. The third-order valence-corrected chi connectivity index (χ3v) is 3.52. The Hall–Kier alpha value is -1.69. The van der Waals surface area contributed by atoms with Crippen LogP contribution in [-0.4, -0.2) is 40.2 Å². The summed E-state index contributed by atoms with van der Waals surface area (Å²) >= 11 is 0. The summed E-state index contributed by atoms with van der Waals surface area (Å²) in [6.45, 7) is 7.58. The predicted molar refractivity (Wildman–Crippen MR) is 77.1 cm³/mol. The summed E-state index contributed by atoms with van der Waals surface area (Å²) in [6, 6.07) is 1.78. The molecule has 2 rings (SSSR count). The minimum atomic E-state index is -1.02. The summed E-state index contributed by atoms with van der Waals surface area (Å²) in [6.07, 6.45) is 1.76. The zero-order chi connectivity index (χ0) is 14.9. The molecule has 20 heavy (non-hydrogen) atoms. The van der Waals surface area contributed by atoms with E-state index in [0.717, 1.165) is 31.6 Å². The highest BCUT2D eigenvalue weighted by molar-refractivity contribution is 5.85. The molecule has 1 aromatic heterocycles. The van der Waals surface area contributed by atoms with Gasteiger partial charge in [0.15, 0.2) is 5.69 Å². The maximum Gasteiger partial charge on any atom is 0.354 e. The van der Waals surface area contributed by atoms with Gasteiger partial charge in [-0.15, -0.1) is 0 Å². The first-order valence-corrected chi connectivity index (χ1v) is 6.91. The fourth-order valence-electron chi connectivity index (χ4n) is 2.17. The van der Waals surface area contributed by atoms with Crippen LogP contribution < -0.4 is 10.6 Å². The first kappa shape index (κ1) is 14.7. The first-order valence-electron chi connectivity index (χ1n) is 6.91. The standard InChI is InChI=1S/C14H22N4O2/c1-14(2,3)11-8-10(12(19)20)16-13(17-11)18-6-4-9(15)5-7-18/h8-9H,4-7,15H2,1-3H3,(H,19,20). The molecule has 2 heterocycles. The number of piperidine rings is 1. The second-order valence-electron chi connectivity index (χ2n) is 6.32. The molecule has 0 unspecified atom stereocenters. The molecule has 1 aliphatic rings. The molecule has 0 aliphatic carbocycles. The van der Waals surface area contributed by atoms with Crippen LogP contribution in [0.2, 0.25) is 0 Å². The van der Waals surface area contributed by atoms with Crippen molar-refractivity contribution in [2.45, 2.75) is 45.1 Å². The van der Waals surface area contributed by atoms with E-state index in [1.807, 2.05) is 25.7 Å². The lowest BCUT2D eigenvalue weighted by Gasteiger charge is -2.31. The predicted octanol–water partition coefficient (Wildman–Crippen LogP) is 1.40. The number of aromatic nitrogens is 2. The Kier molecular flexibility index (Phi) is 3.94. The van der Waals surface area contributed by atoms with E-state index in [2.05, 4.69) is 9.97 Å². The van der Waals surface area contributed by atoms with Crippen molar-refractivity contribution >= 4 is 11.9 Å². The number of nitrogens with zero attached hydrogens (tertiary/aromatic N) is 3. The maximum absolute atomic E-state index is 11.2. The van der Waals surface area contributed by atoms with Gasteiger partial charge in [0.25, 0.3) is 0 Å². The molecule has 6 nitrogen and oxygen atoms in total. The van der Waals surface area contributed by atoms with E-state index in [0.29, 0.717) is 5.95 Å². The number of hydrogen-bond donors (Lipinski definition) is 2. The van der Waals surface area contributed by atoms with Crippen molar-refractivity contribution in [3.05, 3.63) is 17.5 Å². The van der Waals surface area contributed by atoms with Gasteiger partial charge in [-0.05, 0) is 18.9 Å². The van der Waals surface area contributed by atoms with Gasteiger partial charge in [0, 0.05) is 24.5 Å². The van der Waals surface area contributed by atoms with Crippen LogP contribution >= 0.6 is 0 Å². The molecule has 0 bridgehead atoms. The van der Waals surface area contributed by atoms with Gasteiger partial charge in [-0.3, -0.25) is 0 Å². The Bertz CT molecular complexity index is 502. The minimum absolute atomic E-state index is 0.0507. The minimum Gasteiger partial charge on any atom is -0.477 e. The molecule has 0 saturated carbocycles. The smallest absolute Gasteiger partial charge is 0.354 e. The number of aromatic carboxylic acids is 1. The van der Waals surface area contributed by atoms with Crippen molar-refractivity contribution < 1.29 is 9.90 Å². The van der Waals surface area contributed by atoms with E-state index in [-0.39, 0.29) is 17.2 Å². The largest absolute Gasteiger partial charge is 0.477 e. The molecule has 0 radical (unpaired) electrons. The number of carboxylic acid groups (broad SMARTS) is 1. The van der Waals surface area contributed by atoms with Crippen LogP contribution in [0.15, 0.2) is 6.07 Å². The Morgan fingerprint density at radius 1 is 1.35 bits per heavy atom. The van der Waals surface area contributed by atoms with E-state index in [4.69, 9.17) is 5.73 Å². The molecule has 1 saturated heterocycles. The highest BCUT2D eigenvalue weighted by Gasteiger charge is 2.24. The lowest BCUT2D eigenvalue weighted by molar-refractivity contribution is 0.0690. The van der Waals surface area contributed by atoms with Crippen LogP contribution in [0.25, 0.3) is 0 Å². The molecule has 0 atom stereocenters. The molecule has 1 fully saturated rings. The lowest BCUT2D eigenvalue weighted by atomic mass is 9.91. The lowest BCUT2D eigenvalue weighted by Crippen LogP contribution is -2.40. The van der Waals surface area contributed by atoms with Gasteiger partial charge in [-0.25, -0.2) is 14.8 Å². The van der Waals surface area contributed by atoms with Crippen molar-refractivity contribution in [3.8, 4) is 0 Å². The van der Waals surface area contributed by atoms with Gasteiger partial charge >= 0.3 is 5.97 Å². The molecule has 1 aromatic rings. The van der Waals surface area contributed by atoms with Gasteiger partial charge in [-0.1, -0.05) is 20.8 Å². The zero-order valence-electron chi connectivity index (χ0n) is 12.3. The van der Waals surface area contributed by atoms with Crippen LogP contribution in [-0.2, 0) is 5.41 Å². The Labute approximate surface area is 119 Å². The summed E-state index contributed by atoms with van der Waals surface area (Å²) in [5.41, 5.74) is 6.47. The molecule has 3 N–H and O–H groups in total. The van der Waals surface area contributed by atoms with E-state index in [1.54, 1.807) is 6.07 Å². The Balaban J connectivity index is 2.37. The normalized spacial score (nSPS) is 17.3. The van der Waals surface area contributed by atoms with Gasteiger partial charge < -0.3 is 15.7 Å². The van der Waals surface area contributed by atoms with Crippen molar-refractivity contribution in [2.24, 2.45) is 5.73 Å². The zero-order valence-corrected chi connectivity index (χ0v) is 12.3. The highest BCUT2D eigenvalue weighted by Crippen LogP contribution is 2.24. The number of anilines is 1. The molecule has 1 aliphatic heterocycles. The van der Waals surface area contributed by atoms with E-state index in [1.165, 1.54) is 0 Å². The topological polar surface area (TPSA) is 92.3 Å². The molecule has 0 amide bonds. The first-order chi connectivity index (χ1) is 9.27. The van der Waals surface area contributed by atoms with Gasteiger partial charge in [-0.2, -0.15) is 0 Å². The number of hydrogen-bond acceptors (Lipinski definition) is 5. The number of nitrogens with two attached hydrogens (primary N) is 1. The van der Waals surface area contributed by atoms with Crippen LogP contribution in [0, 0.1) is 0 Å². The summed E-state index contributed by atoms with van der Waals surface area (Å²) in [5.74, 6) is -0.519. The molecular weight excluding hydrogens is 256 g/mol. The van der Waals surface area contributed by atoms with Crippen LogP contribution in [0.5, 0.6) is 0 Å². The Morgan fingerprint density at radius 2 is 1.95 bits per heavy atom. The fourth-order valence-corrected chi connectivity index (χ4v) is 2.17. The third-order valence-electron chi connectivity index (χ3n) is 3.52. The number of carbonyl (C=O) groups is 1. The van der Waals surface area contributed by atoms with E-state index >= 15 is 0 Å². The molecule has 0 spiro atoms. The number of carboxylic acids is 1. The van der Waals surface area contributed by atoms with E-state index < -0.39 is 5.97 Å². The van der Waals surface area contributed by atoms with Gasteiger partial charge in [0.05, 0.1) is 5.69 Å². The Morgan fingerprint density at radius 3 is 2.45 bits per heavy atom. The molecule has 0 aromatic carbocycles. The van der Waals surface area contributed by atoms with Crippen LogP contribution in [0.4, 0.5) is 5.95 Å². The van der Waals surface area contributed by atoms with Crippen molar-refractivity contribution in [1.29, 1.82) is 0 Å². The average Bonchev–Trinajstić information content (AvgIpc) is 2.38. The number of rotatable bonds is 2. The summed E-state index contributed by atoms with van der Waals surface area (Å²) < 4.78 is 0. The average molecular weight is 278 g/mol. The van der Waals surface area contributed by atoms with Crippen molar-refractivity contribution in [1.82, 2.24) is 9.97 Å². The van der Waals surface area contributed by atoms with Crippen LogP contribution in [0.1, 0.15) is 49.8 Å². The summed E-state index contributed by atoms with van der Waals surface area (Å²) in [5, 5.41) is 9.21. The molecule has 6 heteroatoms. The second-order valence-corrected chi connectivity index (χ2v) is 6.32. The van der Waals surface area contributed by atoms with E-state index in [9.17, 15) is 9.90 Å². The van der Waals surface area contributed by atoms with Gasteiger partial charge in [0.2, 0.25) is 5.95 Å². The maximum atomic E-state index is 11.2. The fraction of sp³-hybridized carbons (Fsp3) is 0.643. The third kappa shape index (κ3) is 3.25. The van der Waals surface area contributed by atoms with Crippen LogP contribution in [0.3, 0.4) is 0 Å². The highest BCUT2D eigenvalue weighted by atomic mass is 16.4. The van der Waals surface area contributed by atoms with Crippen molar-refractivity contribution in [3.63, 3.8) is 0 Å². The quantitative estimate of drug-likeness (QED) is 0.849. The SMILES string of the molecule is CC(C)(C)c1cc(C(=O)O)nc(N2CCC(N)CC2)n1. The summed E-state index contributed by atoms with van der Waals surface area (Å²) in [7, 11) is 0. The summed E-state index contributed by atoms with van der Waals surface area (Å²) in [4.78, 5) is 22.0.